The zero-order valence-corrected chi connectivity index (χ0v) is 11.4. The highest BCUT2D eigenvalue weighted by Crippen LogP contribution is 2.23. The first-order valence-electron chi connectivity index (χ1n) is 7.52. The van der Waals surface area contributed by atoms with E-state index in [9.17, 15) is 0 Å². The van der Waals surface area contributed by atoms with Gasteiger partial charge in [-0.15, -0.1) is 0 Å². The maximum absolute atomic E-state index is 4.57. The lowest BCUT2D eigenvalue weighted by Crippen LogP contribution is -2.42. The molecule has 0 aromatic carbocycles. The highest BCUT2D eigenvalue weighted by atomic mass is 15.0. The average Bonchev–Trinajstić information content (AvgIpc) is 2.39. The van der Waals surface area contributed by atoms with E-state index < -0.39 is 0 Å². The number of nitrogens with zero attached hydrogens (tertiary/aromatic N) is 1. The Bertz CT molecular complexity index is 408. The first-order chi connectivity index (χ1) is 8.81. The van der Waals surface area contributed by atoms with Gasteiger partial charge in [-0.1, -0.05) is 25.3 Å². The molecule has 18 heavy (non-hydrogen) atoms. The van der Waals surface area contributed by atoms with E-state index in [-0.39, 0.29) is 0 Å². The van der Waals surface area contributed by atoms with E-state index in [4.69, 9.17) is 0 Å². The lowest BCUT2D eigenvalue weighted by molar-refractivity contribution is 0.319. The standard InChI is InChI=1S/C16H24N2/c1-12-9-13-10-15(7-8-16(13)17-11-12)18-14-5-3-2-4-6-14/h9,11,14-15,18H,2-8,10H2,1H3. The fraction of sp³-hybridized carbons (Fsp3) is 0.688. The van der Waals surface area contributed by atoms with Gasteiger partial charge >= 0.3 is 0 Å². The molecule has 98 valence electrons. The largest absolute Gasteiger partial charge is 0.311 e. The topological polar surface area (TPSA) is 24.9 Å². The summed E-state index contributed by atoms with van der Waals surface area (Å²) in [4.78, 5) is 4.57. The molecule has 2 aliphatic rings. The third-order valence-corrected chi connectivity index (χ3v) is 4.47. The van der Waals surface area contributed by atoms with Gasteiger partial charge in [0.05, 0.1) is 0 Å². The fourth-order valence-corrected chi connectivity index (χ4v) is 3.48. The van der Waals surface area contributed by atoms with Crippen molar-refractivity contribution in [2.24, 2.45) is 0 Å². The second-order valence-corrected chi connectivity index (χ2v) is 6.06. The molecule has 0 radical (unpaired) electrons. The minimum atomic E-state index is 0.684. The minimum absolute atomic E-state index is 0.684. The molecule has 2 nitrogen and oxygen atoms in total. The Labute approximate surface area is 110 Å². The molecule has 3 rings (SSSR count). The van der Waals surface area contributed by atoms with Crippen LogP contribution in [-0.2, 0) is 12.8 Å². The molecule has 0 spiro atoms. The van der Waals surface area contributed by atoms with Crippen LogP contribution in [0.4, 0.5) is 0 Å². The molecule has 0 bridgehead atoms. The van der Waals surface area contributed by atoms with Crippen molar-refractivity contribution in [2.75, 3.05) is 0 Å². The van der Waals surface area contributed by atoms with Crippen molar-refractivity contribution in [3.63, 3.8) is 0 Å². The van der Waals surface area contributed by atoms with Crippen LogP contribution in [0.3, 0.4) is 0 Å². The first kappa shape index (κ1) is 12.2. The predicted molar refractivity (Wildman–Crippen MR) is 74.8 cm³/mol. The number of pyridine rings is 1. The quantitative estimate of drug-likeness (QED) is 0.864. The summed E-state index contributed by atoms with van der Waals surface area (Å²) >= 11 is 0. The van der Waals surface area contributed by atoms with Gasteiger partial charge in [0.1, 0.15) is 0 Å². The number of rotatable bonds is 2. The van der Waals surface area contributed by atoms with E-state index in [1.54, 1.807) is 0 Å². The molecule has 1 aromatic rings. The van der Waals surface area contributed by atoms with Crippen LogP contribution in [0.25, 0.3) is 0 Å². The van der Waals surface area contributed by atoms with Crippen LogP contribution in [0, 0.1) is 6.92 Å². The third kappa shape index (κ3) is 2.74. The molecule has 1 unspecified atom stereocenters. The maximum atomic E-state index is 4.57. The zero-order valence-electron chi connectivity index (χ0n) is 11.4. The van der Waals surface area contributed by atoms with E-state index in [1.807, 2.05) is 6.20 Å². The molecule has 1 saturated carbocycles. The number of aromatic nitrogens is 1. The van der Waals surface area contributed by atoms with Crippen molar-refractivity contribution in [3.05, 3.63) is 29.1 Å². The Morgan fingerprint density at radius 3 is 2.78 bits per heavy atom. The number of hydrogen-bond acceptors (Lipinski definition) is 2. The molecule has 1 fully saturated rings. The van der Waals surface area contributed by atoms with Crippen LogP contribution in [0.1, 0.15) is 55.3 Å². The number of nitrogens with one attached hydrogen (secondary N) is 1. The molecular formula is C16H24N2. The highest BCUT2D eigenvalue weighted by Gasteiger charge is 2.22. The Kier molecular flexibility index (Phi) is 3.64. The van der Waals surface area contributed by atoms with Crippen LogP contribution in [0.15, 0.2) is 12.3 Å². The normalized spacial score (nSPS) is 24.8. The van der Waals surface area contributed by atoms with Crippen molar-refractivity contribution in [1.82, 2.24) is 10.3 Å². The van der Waals surface area contributed by atoms with E-state index in [1.165, 1.54) is 61.8 Å². The smallest absolute Gasteiger partial charge is 0.0436 e. The molecule has 0 saturated heterocycles. The minimum Gasteiger partial charge on any atom is -0.311 e. The van der Waals surface area contributed by atoms with Crippen molar-refractivity contribution in [2.45, 2.75) is 70.4 Å². The highest BCUT2D eigenvalue weighted by molar-refractivity contribution is 5.28. The van der Waals surface area contributed by atoms with Gasteiger partial charge in [0.25, 0.3) is 0 Å². The summed E-state index contributed by atoms with van der Waals surface area (Å²) in [7, 11) is 0. The second kappa shape index (κ2) is 5.40. The monoisotopic (exact) mass is 244 g/mol. The van der Waals surface area contributed by atoms with Crippen LogP contribution in [-0.4, -0.2) is 17.1 Å². The molecule has 1 aromatic heterocycles. The van der Waals surface area contributed by atoms with E-state index in [0.29, 0.717) is 6.04 Å². The average molecular weight is 244 g/mol. The Hall–Kier alpha value is -0.890. The van der Waals surface area contributed by atoms with E-state index >= 15 is 0 Å². The van der Waals surface area contributed by atoms with Gasteiger partial charge in [0, 0.05) is 24.0 Å². The lowest BCUT2D eigenvalue weighted by Gasteiger charge is -2.31. The van der Waals surface area contributed by atoms with Crippen molar-refractivity contribution in [1.29, 1.82) is 0 Å². The first-order valence-corrected chi connectivity index (χ1v) is 7.52. The fourth-order valence-electron chi connectivity index (χ4n) is 3.48. The molecule has 1 atom stereocenters. The van der Waals surface area contributed by atoms with Gasteiger partial charge in [0.2, 0.25) is 0 Å². The van der Waals surface area contributed by atoms with Gasteiger partial charge < -0.3 is 5.32 Å². The van der Waals surface area contributed by atoms with Gasteiger partial charge in [-0.05, 0) is 50.2 Å². The molecular weight excluding hydrogens is 220 g/mol. The van der Waals surface area contributed by atoms with Crippen LogP contribution >= 0.6 is 0 Å². The summed E-state index contributed by atoms with van der Waals surface area (Å²) in [6.07, 6.45) is 12.6. The molecule has 2 heteroatoms. The molecule has 0 amide bonds. The van der Waals surface area contributed by atoms with Crippen LogP contribution in [0.5, 0.6) is 0 Å². The molecule has 1 heterocycles. The van der Waals surface area contributed by atoms with Gasteiger partial charge in [-0.2, -0.15) is 0 Å². The Balaban J connectivity index is 1.63. The van der Waals surface area contributed by atoms with Crippen molar-refractivity contribution < 1.29 is 0 Å². The van der Waals surface area contributed by atoms with Gasteiger partial charge in [-0.25, -0.2) is 0 Å². The summed E-state index contributed by atoms with van der Waals surface area (Å²) in [5.41, 5.74) is 4.11. The SMILES string of the molecule is Cc1cnc2c(c1)CC(NC1CCCCC1)CC2. The van der Waals surface area contributed by atoms with Crippen molar-refractivity contribution in [3.8, 4) is 0 Å². The predicted octanol–water partition coefficient (Wildman–Crippen LogP) is 3.17. The van der Waals surface area contributed by atoms with Crippen LogP contribution in [0.2, 0.25) is 0 Å². The van der Waals surface area contributed by atoms with Gasteiger partial charge in [0.15, 0.2) is 0 Å². The summed E-state index contributed by atoms with van der Waals surface area (Å²) in [5, 5.41) is 3.89. The summed E-state index contributed by atoms with van der Waals surface area (Å²) < 4.78 is 0. The number of aryl methyl sites for hydroxylation is 2. The molecule has 1 N–H and O–H groups in total. The number of hydrogen-bond donors (Lipinski definition) is 1. The third-order valence-electron chi connectivity index (χ3n) is 4.47. The van der Waals surface area contributed by atoms with E-state index in [0.717, 1.165) is 12.5 Å². The second-order valence-electron chi connectivity index (χ2n) is 6.06. The summed E-state index contributed by atoms with van der Waals surface area (Å²) in [6, 6.07) is 3.80. The summed E-state index contributed by atoms with van der Waals surface area (Å²) in [5.74, 6) is 0. The Morgan fingerprint density at radius 1 is 1.11 bits per heavy atom. The summed E-state index contributed by atoms with van der Waals surface area (Å²) in [6.45, 7) is 2.14. The Morgan fingerprint density at radius 2 is 1.94 bits per heavy atom. The zero-order chi connectivity index (χ0) is 12.4. The van der Waals surface area contributed by atoms with Gasteiger partial charge in [-0.3, -0.25) is 4.98 Å². The molecule has 0 aliphatic heterocycles. The maximum Gasteiger partial charge on any atom is 0.0436 e. The lowest BCUT2D eigenvalue weighted by atomic mass is 9.88. The molecule has 2 aliphatic carbocycles. The number of fused-ring (bicyclic) bond motifs is 1. The van der Waals surface area contributed by atoms with Crippen molar-refractivity contribution >= 4 is 0 Å². The van der Waals surface area contributed by atoms with Crippen LogP contribution < -0.4 is 5.32 Å². The van der Waals surface area contributed by atoms with E-state index in [2.05, 4.69) is 23.3 Å².